The molecule has 2 nitrogen and oxygen atoms in total. The summed E-state index contributed by atoms with van der Waals surface area (Å²) in [7, 11) is 0. The first kappa shape index (κ1) is 28.4. The molecule has 234 valence electrons. The Morgan fingerprint density at radius 1 is 0.340 bits per heavy atom. The zero-order chi connectivity index (χ0) is 33.0. The summed E-state index contributed by atoms with van der Waals surface area (Å²) in [4.78, 5) is 2.39. The van der Waals surface area contributed by atoms with Gasteiger partial charge in [-0.3, -0.25) is 0 Å². The fourth-order valence-corrected chi connectivity index (χ4v) is 7.57. The molecule has 0 aliphatic heterocycles. The quantitative estimate of drug-likeness (QED) is 0.175. The van der Waals surface area contributed by atoms with Crippen molar-refractivity contribution in [2.45, 2.75) is 0 Å². The van der Waals surface area contributed by atoms with Crippen molar-refractivity contribution in [3.63, 3.8) is 0 Å². The maximum Gasteiger partial charge on any atom is 0.143 e. The van der Waals surface area contributed by atoms with Crippen molar-refractivity contribution in [1.29, 1.82) is 0 Å². The maximum atomic E-state index is 6.40. The summed E-state index contributed by atoms with van der Waals surface area (Å²) in [6, 6.07) is 67.6. The number of hydrogen-bond donors (Lipinski definition) is 0. The topological polar surface area (TPSA) is 16.4 Å². The van der Waals surface area contributed by atoms with Crippen LogP contribution in [0.25, 0.3) is 76.5 Å². The fraction of sp³-hybridized carbons (Fsp3) is 0. The molecule has 10 aromatic rings. The molecule has 0 atom stereocenters. The Morgan fingerprint density at radius 2 is 0.960 bits per heavy atom. The second-order valence-corrected chi connectivity index (χ2v) is 12.9. The molecule has 0 amide bonds. The summed E-state index contributed by atoms with van der Waals surface area (Å²) in [6.07, 6.45) is 0. The first-order valence-electron chi connectivity index (χ1n) is 17.1. The number of nitrogens with zero attached hydrogens (tertiary/aromatic N) is 1. The molecule has 0 saturated heterocycles. The third kappa shape index (κ3) is 4.65. The Morgan fingerprint density at radius 3 is 1.84 bits per heavy atom. The lowest BCUT2D eigenvalue weighted by molar-refractivity contribution is 0.672. The van der Waals surface area contributed by atoms with Crippen LogP contribution in [0.2, 0.25) is 0 Å². The molecular weight excluding hydrogens is 607 g/mol. The molecule has 0 aliphatic rings. The molecular formula is C48H31NO. The average molecular weight is 638 g/mol. The molecule has 50 heavy (non-hydrogen) atoms. The van der Waals surface area contributed by atoms with Crippen molar-refractivity contribution < 1.29 is 4.42 Å². The molecule has 0 radical (unpaired) electrons. The van der Waals surface area contributed by atoms with Gasteiger partial charge in [0.15, 0.2) is 0 Å². The van der Waals surface area contributed by atoms with Crippen LogP contribution in [0, 0.1) is 0 Å². The Labute approximate surface area is 290 Å². The molecule has 9 aromatic carbocycles. The van der Waals surface area contributed by atoms with Gasteiger partial charge in [-0.05, 0) is 92.2 Å². The van der Waals surface area contributed by atoms with Crippen molar-refractivity contribution in [2.75, 3.05) is 4.90 Å². The summed E-state index contributed by atoms with van der Waals surface area (Å²) >= 11 is 0. The predicted molar refractivity (Wildman–Crippen MR) is 212 cm³/mol. The van der Waals surface area contributed by atoms with E-state index in [0.29, 0.717) is 0 Å². The number of para-hydroxylation sites is 2. The predicted octanol–water partition coefficient (Wildman–Crippen LogP) is 13.8. The fourth-order valence-electron chi connectivity index (χ4n) is 7.57. The van der Waals surface area contributed by atoms with Crippen LogP contribution in [0.4, 0.5) is 17.1 Å². The van der Waals surface area contributed by atoms with Gasteiger partial charge in [0.25, 0.3) is 0 Å². The molecule has 0 N–H and O–H groups in total. The largest absolute Gasteiger partial charge is 0.455 e. The van der Waals surface area contributed by atoms with E-state index in [2.05, 4.69) is 181 Å². The summed E-state index contributed by atoms with van der Waals surface area (Å²) in [5, 5.41) is 9.57. The van der Waals surface area contributed by atoms with Crippen LogP contribution in [0.5, 0.6) is 0 Å². The molecule has 0 unspecified atom stereocenters. The van der Waals surface area contributed by atoms with E-state index >= 15 is 0 Å². The van der Waals surface area contributed by atoms with Crippen LogP contribution in [0.1, 0.15) is 0 Å². The second-order valence-electron chi connectivity index (χ2n) is 12.9. The highest BCUT2D eigenvalue weighted by Gasteiger charge is 2.18. The summed E-state index contributed by atoms with van der Waals surface area (Å²) in [5.74, 6) is 0. The lowest BCUT2D eigenvalue weighted by Gasteiger charge is -2.28. The number of fused-ring (bicyclic) bond motifs is 8. The number of furan rings is 1. The molecule has 0 saturated carbocycles. The molecule has 0 fully saturated rings. The van der Waals surface area contributed by atoms with E-state index in [1.807, 2.05) is 12.1 Å². The van der Waals surface area contributed by atoms with Crippen LogP contribution in [-0.2, 0) is 0 Å². The van der Waals surface area contributed by atoms with Crippen LogP contribution < -0.4 is 4.90 Å². The lowest BCUT2D eigenvalue weighted by atomic mass is 9.98. The smallest absolute Gasteiger partial charge is 0.143 e. The van der Waals surface area contributed by atoms with Crippen molar-refractivity contribution in [3.8, 4) is 22.3 Å². The van der Waals surface area contributed by atoms with E-state index in [1.54, 1.807) is 0 Å². The minimum Gasteiger partial charge on any atom is -0.455 e. The molecule has 0 bridgehead atoms. The van der Waals surface area contributed by atoms with Crippen molar-refractivity contribution in [1.82, 2.24) is 0 Å². The van der Waals surface area contributed by atoms with E-state index in [-0.39, 0.29) is 0 Å². The van der Waals surface area contributed by atoms with Gasteiger partial charge in [0.05, 0.1) is 5.69 Å². The minimum absolute atomic E-state index is 0.919. The van der Waals surface area contributed by atoms with Crippen LogP contribution in [0.15, 0.2) is 192 Å². The monoisotopic (exact) mass is 637 g/mol. The van der Waals surface area contributed by atoms with Gasteiger partial charge in [-0.1, -0.05) is 140 Å². The average Bonchev–Trinajstić information content (AvgIpc) is 3.58. The molecule has 0 aliphatic carbocycles. The third-order valence-electron chi connectivity index (χ3n) is 10.0. The van der Waals surface area contributed by atoms with Gasteiger partial charge < -0.3 is 9.32 Å². The standard InChI is InChI=1S/C48H31NO/c1-2-10-33(11-3-1)41-14-6-8-16-46(41)49(39-28-24-35-19-18-34-12-4-5-13-40(34)44(35)31-39)38-26-22-32(23-27-38)37-21-20-36-25-29-43-42-15-7-9-17-47(42)50-48(43)45(36)30-37/h1-31H. The molecule has 10 rings (SSSR count). The number of hydrogen-bond acceptors (Lipinski definition) is 2. The van der Waals surface area contributed by atoms with E-state index in [1.165, 1.54) is 38.1 Å². The Balaban J connectivity index is 1.13. The number of anilines is 3. The molecule has 0 spiro atoms. The SMILES string of the molecule is c1ccc(-c2ccccc2N(c2ccc(-c3ccc4ccc5c6ccccc6oc5c4c3)cc2)c2ccc3ccc4ccccc4c3c2)cc1. The highest BCUT2D eigenvalue weighted by molar-refractivity contribution is 6.15. The first-order valence-corrected chi connectivity index (χ1v) is 17.1. The zero-order valence-corrected chi connectivity index (χ0v) is 27.3. The van der Waals surface area contributed by atoms with E-state index < -0.39 is 0 Å². The van der Waals surface area contributed by atoms with Crippen molar-refractivity contribution in [2.24, 2.45) is 0 Å². The maximum absolute atomic E-state index is 6.40. The van der Waals surface area contributed by atoms with Crippen molar-refractivity contribution >= 4 is 71.3 Å². The van der Waals surface area contributed by atoms with E-state index in [9.17, 15) is 0 Å². The van der Waals surface area contributed by atoms with Gasteiger partial charge in [-0.25, -0.2) is 0 Å². The van der Waals surface area contributed by atoms with E-state index in [0.717, 1.165) is 55.5 Å². The molecule has 2 heteroatoms. The van der Waals surface area contributed by atoms with Crippen LogP contribution >= 0.6 is 0 Å². The highest BCUT2D eigenvalue weighted by atomic mass is 16.3. The Hall–Kier alpha value is -6.64. The van der Waals surface area contributed by atoms with Gasteiger partial charge in [0.1, 0.15) is 11.2 Å². The lowest BCUT2D eigenvalue weighted by Crippen LogP contribution is -2.11. The van der Waals surface area contributed by atoms with Gasteiger partial charge in [0.2, 0.25) is 0 Å². The minimum atomic E-state index is 0.919. The van der Waals surface area contributed by atoms with Gasteiger partial charge in [-0.15, -0.1) is 0 Å². The normalized spacial score (nSPS) is 11.6. The molecule has 1 heterocycles. The summed E-state index contributed by atoms with van der Waals surface area (Å²) < 4.78 is 6.40. The van der Waals surface area contributed by atoms with Gasteiger partial charge in [-0.2, -0.15) is 0 Å². The van der Waals surface area contributed by atoms with Crippen molar-refractivity contribution in [3.05, 3.63) is 188 Å². The Kier molecular flexibility index (Phi) is 6.53. The Bertz CT molecular complexity index is 2870. The number of rotatable bonds is 5. The third-order valence-corrected chi connectivity index (χ3v) is 10.0. The second kappa shape index (κ2) is 11.5. The molecule has 1 aromatic heterocycles. The number of benzene rings is 9. The zero-order valence-electron chi connectivity index (χ0n) is 27.3. The highest BCUT2D eigenvalue weighted by Crippen LogP contribution is 2.43. The van der Waals surface area contributed by atoms with E-state index in [4.69, 9.17) is 4.42 Å². The van der Waals surface area contributed by atoms with Crippen LogP contribution in [-0.4, -0.2) is 0 Å². The summed E-state index contributed by atoms with van der Waals surface area (Å²) in [6.45, 7) is 0. The first-order chi connectivity index (χ1) is 24.8. The van der Waals surface area contributed by atoms with Crippen LogP contribution in [0.3, 0.4) is 0 Å². The van der Waals surface area contributed by atoms with Gasteiger partial charge >= 0.3 is 0 Å². The summed E-state index contributed by atoms with van der Waals surface area (Å²) in [5.41, 5.74) is 9.87. The van der Waals surface area contributed by atoms with Gasteiger partial charge in [0, 0.05) is 33.1 Å².